The maximum Gasteiger partial charge on any atom is 0.271 e. The number of hydrogen-bond acceptors (Lipinski definition) is 4. The number of non-ortho nitro benzene ring substituents is 1. The molecule has 120 valence electrons. The topological polar surface area (TPSA) is 96.3 Å². The summed E-state index contributed by atoms with van der Waals surface area (Å²) in [6.45, 7) is 4.85. The molecule has 1 rings (SSSR count). The molecule has 0 aliphatic rings. The van der Waals surface area contributed by atoms with E-state index in [9.17, 15) is 14.9 Å². The average molecular weight is 345 g/mol. The van der Waals surface area contributed by atoms with Gasteiger partial charge >= 0.3 is 0 Å². The number of benzene rings is 1. The molecule has 0 aliphatic heterocycles. The first kappa shape index (κ1) is 18.1. The van der Waals surface area contributed by atoms with Crippen LogP contribution in [0, 0.1) is 16.0 Å². The fourth-order valence-electron chi connectivity index (χ4n) is 1.50. The van der Waals surface area contributed by atoms with Crippen LogP contribution in [-0.2, 0) is 0 Å². The van der Waals surface area contributed by atoms with Crippen molar-refractivity contribution in [2.75, 3.05) is 6.54 Å². The SMILES string of the molecule is CC(C)CCNC(=S)NNC(=O)c1cc([N+](=O)[O-])ccc1Cl. The van der Waals surface area contributed by atoms with Crippen LogP contribution in [0.4, 0.5) is 5.69 Å². The Kier molecular flexibility index (Phi) is 7.00. The van der Waals surface area contributed by atoms with Gasteiger partial charge in [0.2, 0.25) is 0 Å². The predicted octanol–water partition coefficient (Wildman–Crippen LogP) is 2.40. The number of amides is 1. The molecule has 0 saturated carbocycles. The molecule has 0 aliphatic carbocycles. The number of carbonyl (C=O) groups excluding carboxylic acids is 1. The molecule has 0 saturated heterocycles. The summed E-state index contributed by atoms with van der Waals surface area (Å²) in [6.07, 6.45) is 0.937. The highest BCUT2D eigenvalue weighted by molar-refractivity contribution is 7.80. The lowest BCUT2D eigenvalue weighted by Crippen LogP contribution is -2.47. The van der Waals surface area contributed by atoms with Gasteiger partial charge in [0.15, 0.2) is 5.11 Å². The first-order valence-electron chi connectivity index (χ1n) is 6.59. The minimum absolute atomic E-state index is 0.00616. The van der Waals surface area contributed by atoms with Crippen LogP contribution in [0.15, 0.2) is 18.2 Å². The molecule has 22 heavy (non-hydrogen) atoms. The Morgan fingerprint density at radius 3 is 2.68 bits per heavy atom. The zero-order valence-corrected chi connectivity index (χ0v) is 13.8. The van der Waals surface area contributed by atoms with Gasteiger partial charge in [-0.25, -0.2) is 0 Å². The van der Waals surface area contributed by atoms with Crippen LogP contribution in [0.1, 0.15) is 30.6 Å². The van der Waals surface area contributed by atoms with E-state index >= 15 is 0 Å². The van der Waals surface area contributed by atoms with Gasteiger partial charge in [-0.3, -0.25) is 25.8 Å². The molecular formula is C13H17ClN4O3S. The van der Waals surface area contributed by atoms with Crippen molar-refractivity contribution in [1.29, 1.82) is 0 Å². The molecule has 1 amide bonds. The molecule has 0 heterocycles. The van der Waals surface area contributed by atoms with E-state index in [-0.39, 0.29) is 21.4 Å². The number of nitro benzene ring substituents is 1. The van der Waals surface area contributed by atoms with Gasteiger partial charge < -0.3 is 5.32 Å². The average Bonchev–Trinajstić information content (AvgIpc) is 2.44. The molecule has 0 atom stereocenters. The molecular weight excluding hydrogens is 328 g/mol. The lowest BCUT2D eigenvalue weighted by molar-refractivity contribution is -0.384. The number of nitrogens with zero attached hydrogens (tertiary/aromatic N) is 1. The lowest BCUT2D eigenvalue weighted by atomic mass is 10.1. The monoisotopic (exact) mass is 344 g/mol. The number of hydrogen-bond donors (Lipinski definition) is 3. The summed E-state index contributed by atoms with van der Waals surface area (Å²) in [5.41, 5.74) is 4.65. The van der Waals surface area contributed by atoms with Crippen LogP contribution >= 0.6 is 23.8 Å². The second-order valence-electron chi connectivity index (χ2n) is 4.94. The number of rotatable bonds is 5. The first-order chi connectivity index (χ1) is 10.3. The van der Waals surface area contributed by atoms with Gasteiger partial charge in [-0.15, -0.1) is 0 Å². The molecule has 0 bridgehead atoms. The van der Waals surface area contributed by atoms with Crippen molar-refractivity contribution in [2.45, 2.75) is 20.3 Å². The third kappa shape index (κ3) is 5.82. The van der Waals surface area contributed by atoms with Crippen molar-refractivity contribution in [2.24, 2.45) is 5.92 Å². The summed E-state index contributed by atoms with van der Waals surface area (Å²) >= 11 is 10.9. The minimum Gasteiger partial charge on any atom is -0.361 e. The highest BCUT2D eigenvalue weighted by Crippen LogP contribution is 2.21. The molecule has 1 aromatic carbocycles. The van der Waals surface area contributed by atoms with Crippen molar-refractivity contribution in [3.63, 3.8) is 0 Å². The van der Waals surface area contributed by atoms with Crippen molar-refractivity contribution in [3.8, 4) is 0 Å². The smallest absolute Gasteiger partial charge is 0.271 e. The van der Waals surface area contributed by atoms with E-state index in [0.29, 0.717) is 12.5 Å². The third-order valence-corrected chi connectivity index (χ3v) is 3.28. The number of halogens is 1. The number of nitro groups is 1. The van der Waals surface area contributed by atoms with E-state index in [0.717, 1.165) is 12.5 Å². The van der Waals surface area contributed by atoms with Crippen molar-refractivity contribution in [1.82, 2.24) is 16.2 Å². The molecule has 3 N–H and O–H groups in total. The molecule has 0 spiro atoms. The Morgan fingerprint density at radius 1 is 1.41 bits per heavy atom. The van der Waals surface area contributed by atoms with Gasteiger partial charge in [0.05, 0.1) is 15.5 Å². The quantitative estimate of drug-likeness (QED) is 0.431. The number of thiocarbonyl (C=S) groups is 1. The van der Waals surface area contributed by atoms with Gasteiger partial charge in [0.1, 0.15) is 0 Å². The second-order valence-corrected chi connectivity index (χ2v) is 5.75. The summed E-state index contributed by atoms with van der Waals surface area (Å²) < 4.78 is 0. The van der Waals surface area contributed by atoms with Crippen molar-refractivity contribution in [3.05, 3.63) is 38.9 Å². The van der Waals surface area contributed by atoms with E-state index in [1.807, 2.05) is 0 Å². The van der Waals surface area contributed by atoms with E-state index < -0.39 is 10.8 Å². The molecule has 0 radical (unpaired) electrons. The van der Waals surface area contributed by atoms with Crippen LogP contribution in [0.5, 0.6) is 0 Å². The molecule has 0 aromatic heterocycles. The van der Waals surface area contributed by atoms with Crippen LogP contribution in [0.3, 0.4) is 0 Å². The van der Waals surface area contributed by atoms with Gasteiger partial charge in [0, 0.05) is 18.7 Å². The Balaban J connectivity index is 2.57. The normalized spacial score (nSPS) is 10.2. The Labute approximate surface area is 138 Å². The third-order valence-electron chi connectivity index (χ3n) is 2.70. The zero-order valence-electron chi connectivity index (χ0n) is 12.2. The maximum absolute atomic E-state index is 12.0. The van der Waals surface area contributed by atoms with E-state index in [4.69, 9.17) is 23.8 Å². The van der Waals surface area contributed by atoms with Crippen LogP contribution in [0.25, 0.3) is 0 Å². The zero-order chi connectivity index (χ0) is 16.7. The second kappa shape index (κ2) is 8.50. The van der Waals surface area contributed by atoms with Gasteiger partial charge in [-0.05, 0) is 30.6 Å². The fourth-order valence-corrected chi connectivity index (χ4v) is 1.86. The standard InChI is InChI=1S/C13H17ClN4O3S/c1-8(2)5-6-15-13(22)17-16-12(19)10-7-9(18(20)21)3-4-11(10)14/h3-4,7-8H,5-6H2,1-2H3,(H,16,19)(H2,15,17,22). The van der Waals surface area contributed by atoms with Gasteiger partial charge in [-0.2, -0.15) is 0 Å². The first-order valence-corrected chi connectivity index (χ1v) is 7.38. The molecule has 1 aromatic rings. The summed E-state index contributed by atoms with van der Waals surface area (Å²) in [7, 11) is 0. The summed E-state index contributed by atoms with van der Waals surface area (Å²) in [5, 5.41) is 14.0. The fraction of sp³-hybridized carbons (Fsp3) is 0.385. The van der Waals surface area contributed by atoms with Crippen LogP contribution in [-0.4, -0.2) is 22.5 Å². The minimum atomic E-state index is -0.610. The number of carbonyl (C=O) groups is 1. The largest absolute Gasteiger partial charge is 0.361 e. The van der Waals surface area contributed by atoms with Crippen LogP contribution in [0.2, 0.25) is 5.02 Å². The maximum atomic E-state index is 12.0. The van der Waals surface area contributed by atoms with E-state index in [2.05, 4.69) is 30.0 Å². The lowest BCUT2D eigenvalue weighted by Gasteiger charge is -2.12. The number of hydrazine groups is 1. The highest BCUT2D eigenvalue weighted by Gasteiger charge is 2.15. The van der Waals surface area contributed by atoms with Crippen LogP contribution < -0.4 is 16.2 Å². The van der Waals surface area contributed by atoms with E-state index in [1.165, 1.54) is 12.1 Å². The summed E-state index contributed by atoms with van der Waals surface area (Å²) in [4.78, 5) is 22.1. The number of nitrogens with one attached hydrogen (secondary N) is 3. The molecule has 0 unspecified atom stereocenters. The Bertz CT molecular complexity index is 580. The summed E-state index contributed by atoms with van der Waals surface area (Å²) in [6, 6.07) is 3.63. The Hall–Kier alpha value is -1.93. The van der Waals surface area contributed by atoms with Crippen molar-refractivity contribution < 1.29 is 9.72 Å². The van der Waals surface area contributed by atoms with Gasteiger partial charge in [0.25, 0.3) is 11.6 Å². The summed E-state index contributed by atoms with van der Waals surface area (Å²) in [5.74, 6) is -0.0738. The van der Waals surface area contributed by atoms with E-state index in [1.54, 1.807) is 0 Å². The van der Waals surface area contributed by atoms with Crippen molar-refractivity contribution >= 4 is 40.5 Å². The molecule has 9 heteroatoms. The highest BCUT2D eigenvalue weighted by atomic mass is 35.5. The predicted molar refractivity (Wildman–Crippen MR) is 88.8 cm³/mol. The van der Waals surface area contributed by atoms with Gasteiger partial charge in [-0.1, -0.05) is 25.4 Å². The molecule has 7 nitrogen and oxygen atoms in total. The Morgan fingerprint density at radius 2 is 2.09 bits per heavy atom. The molecule has 0 fully saturated rings.